The molecule has 0 spiro atoms. The van der Waals surface area contributed by atoms with Gasteiger partial charge in [-0.1, -0.05) is 64.3 Å². The lowest BCUT2D eigenvalue weighted by atomic mass is 9.75. The summed E-state index contributed by atoms with van der Waals surface area (Å²) in [5.74, 6) is 2.27. The van der Waals surface area contributed by atoms with Gasteiger partial charge in [-0.3, -0.25) is 0 Å². The van der Waals surface area contributed by atoms with Gasteiger partial charge >= 0.3 is 0 Å². The molecule has 0 saturated heterocycles. The zero-order valence-electron chi connectivity index (χ0n) is 7.85. The molecule has 70 valence electrons. The third kappa shape index (κ3) is 1.95. The maximum atomic E-state index is 3.71. The van der Waals surface area contributed by atoms with Crippen LogP contribution < -0.4 is 0 Å². The van der Waals surface area contributed by atoms with E-state index in [1.54, 1.807) is 5.57 Å². The van der Waals surface area contributed by atoms with Gasteiger partial charge in [0, 0.05) is 10.2 Å². The number of allylic oxidation sites excluding steroid dienone is 2. The van der Waals surface area contributed by atoms with Crippen molar-refractivity contribution in [2.45, 2.75) is 25.6 Å². The fourth-order valence-corrected chi connectivity index (χ4v) is 3.28. The Morgan fingerprint density at radius 3 is 2.33 bits per heavy atom. The minimum atomic E-state index is 0.566. The molecule has 0 nitrogen and oxygen atoms in total. The summed E-state index contributed by atoms with van der Waals surface area (Å²) in [5.41, 5.74) is 1.54. The lowest BCUT2D eigenvalue weighted by molar-refractivity contribution is 0.301. The van der Waals surface area contributed by atoms with E-state index >= 15 is 0 Å². The third-order valence-electron chi connectivity index (χ3n) is 3.23. The minimum absolute atomic E-state index is 0.566. The first kappa shape index (κ1) is 10.8. The number of hydrogen-bond donors (Lipinski definition) is 0. The Kier molecular flexibility index (Phi) is 3.84. The van der Waals surface area contributed by atoms with Crippen LogP contribution >= 0.6 is 31.9 Å². The number of rotatable bonds is 1. The van der Waals surface area contributed by atoms with E-state index in [0.717, 1.165) is 23.1 Å². The van der Waals surface area contributed by atoms with Crippen LogP contribution in [-0.4, -0.2) is 10.2 Å². The first-order valence-electron chi connectivity index (χ1n) is 4.48. The zero-order valence-corrected chi connectivity index (χ0v) is 11.0. The maximum Gasteiger partial charge on any atom is 0.0356 e. The van der Waals surface area contributed by atoms with Gasteiger partial charge in [-0.25, -0.2) is 0 Å². The van der Waals surface area contributed by atoms with E-state index in [1.807, 2.05) is 0 Å². The molecule has 0 aliphatic heterocycles. The molecule has 0 bridgehead atoms. The highest BCUT2D eigenvalue weighted by Crippen LogP contribution is 2.37. The molecule has 0 heterocycles. The van der Waals surface area contributed by atoms with Crippen molar-refractivity contribution in [3.8, 4) is 0 Å². The Balaban J connectivity index is 2.84. The second-order valence-corrected chi connectivity index (χ2v) is 5.44. The quantitative estimate of drug-likeness (QED) is 0.507. The summed E-state index contributed by atoms with van der Waals surface area (Å²) in [4.78, 5) is 0.566. The van der Waals surface area contributed by atoms with Crippen molar-refractivity contribution >= 4 is 31.9 Å². The van der Waals surface area contributed by atoms with Crippen LogP contribution in [0.3, 0.4) is 0 Å². The van der Waals surface area contributed by atoms with Crippen LogP contribution in [0.15, 0.2) is 11.6 Å². The predicted octanol–water partition coefficient (Wildman–Crippen LogP) is 3.99. The highest BCUT2D eigenvalue weighted by molar-refractivity contribution is 9.09. The van der Waals surface area contributed by atoms with Crippen molar-refractivity contribution in [3.05, 3.63) is 11.6 Å². The van der Waals surface area contributed by atoms with Crippen molar-refractivity contribution < 1.29 is 0 Å². The zero-order chi connectivity index (χ0) is 9.30. The molecule has 0 aromatic rings. The van der Waals surface area contributed by atoms with Gasteiger partial charge in [0.25, 0.3) is 0 Å². The standard InChI is InChI=1S/C10H16Br2/c1-6-7(2)9(5-11)4-10(12)8(6)3/h4,6-8,10H,5H2,1-3H3. The van der Waals surface area contributed by atoms with Crippen molar-refractivity contribution in [3.63, 3.8) is 0 Å². The molecule has 1 aliphatic carbocycles. The van der Waals surface area contributed by atoms with Gasteiger partial charge in [-0.15, -0.1) is 0 Å². The monoisotopic (exact) mass is 294 g/mol. The van der Waals surface area contributed by atoms with Crippen LogP contribution in [0.1, 0.15) is 20.8 Å². The van der Waals surface area contributed by atoms with E-state index in [-0.39, 0.29) is 0 Å². The smallest absolute Gasteiger partial charge is 0.0356 e. The molecule has 2 heteroatoms. The van der Waals surface area contributed by atoms with Gasteiger partial charge in [0.05, 0.1) is 0 Å². The van der Waals surface area contributed by atoms with Crippen LogP contribution in [0.4, 0.5) is 0 Å². The number of alkyl halides is 2. The molecule has 1 aliphatic rings. The van der Waals surface area contributed by atoms with Crippen LogP contribution in [-0.2, 0) is 0 Å². The Hall–Kier alpha value is 0.700. The molecule has 4 atom stereocenters. The summed E-state index contributed by atoms with van der Waals surface area (Å²) < 4.78 is 0. The van der Waals surface area contributed by atoms with E-state index in [4.69, 9.17) is 0 Å². The first-order valence-corrected chi connectivity index (χ1v) is 6.52. The Morgan fingerprint density at radius 1 is 1.25 bits per heavy atom. The molecule has 4 unspecified atom stereocenters. The van der Waals surface area contributed by atoms with E-state index in [1.165, 1.54) is 0 Å². The molecule has 0 amide bonds. The molecular weight excluding hydrogens is 280 g/mol. The largest absolute Gasteiger partial charge is 0.0880 e. The average Bonchev–Trinajstić information content (AvgIpc) is 2.08. The fraction of sp³-hybridized carbons (Fsp3) is 0.800. The first-order chi connectivity index (χ1) is 5.57. The predicted molar refractivity (Wildman–Crippen MR) is 62.1 cm³/mol. The number of halogens is 2. The van der Waals surface area contributed by atoms with E-state index in [0.29, 0.717) is 4.83 Å². The van der Waals surface area contributed by atoms with Crippen molar-refractivity contribution in [1.82, 2.24) is 0 Å². The van der Waals surface area contributed by atoms with Crippen molar-refractivity contribution in [2.75, 3.05) is 5.33 Å². The SMILES string of the molecule is CC1C(CBr)=CC(Br)C(C)C1C. The average molecular weight is 296 g/mol. The molecular formula is C10H16Br2. The van der Waals surface area contributed by atoms with Gasteiger partial charge in [0.15, 0.2) is 0 Å². The maximum absolute atomic E-state index is 3.71. The minimum Gasteiger partial charge on any atom is -0.0880 e. The molecule has 1 rings (SSSR count). The Bertz CT molecular complexity index is 186. The third-order valence-corrected chi connectivity index (χ3v) is 4.98. The van der Waals surface area contributed by atoms with Crippen LogP contribution in [0.25, 0.3) is 0 Å². The van der Waals surface area contributed by atoms with Crippen molar-refractivity contribution in [1.29, 1.82) is 0 Å². The summed E-state index contributed by atoms with van der Waals surface area (Å²) >= 11 is 7.24. The second kappa shape index (κ2) is 4.28. The normalized spacial score (nSPS) is 42.6. The molecule has 12 heavy (non-hydrogen) atoms. The van der Waals surface area contributed by atoms with Crippen LogP contribution in [0.5, 0.6) is 0 Å². The van der Waals surface area contributed by atoms with Gasteiger partial charge < -0.3 is 0 Å². The van der Waals surface area contributed by atoms with Crippen molar-refractivity contribution in [2.24, 2.45) is 17.8 Å². The van der Waals surface area contributed by atoms with E-state index in [9.17, 15) is 0 Å². The summed E-state index contributed by atoms with van der Waals surface area (Å²) in [6.07, 6.45) is 2.37. The highest BCUT2D eigenvalue weighted by Gasteiger charge is 2.30. The Labute approximate surface area is 92.1 Å². The molecule has 0 radical (unpaired) electrons. The molecule has 0 aromatic carbocycles. The van der Waals surface area contributed by atoms with Gasteiger partial charge in [-0.2, -0.15) is 0 Å². The second-order valence-electron chi connectivity index (χ2n) is 3.83. The number of hydrogen-bond acceptors (Lipinski definition) is 0. The van der Waals surface area contributed by atoms with E-state index < -0.39 is 0 Å². The van der Waals surface area contributed by atoms with E-state index in [2.05, 4.69) is 58.7 Å². The van der Waals surface area contributed by atoms with Gasteiger partial charge in [0.1, 0.15) is 0 Å². The fourth-order valence-electron chi connectivity index (χ4n) is 1.76. The molecule has 0 aromatic heterocycles. The van der Waals surface area contributed by atoms with Gasteiger partial charge in [0.2, 0.25) is 0 Å². The lowest BCUT2D eigenvalue weighted by Crippen LogP contribution is -2.29. The molecule has 0 saturated carbocycles. The lowest BCUT2D eigenvalue weighted by Gasteiger charge is -2.35. The van der Waals surface area contributed by atoms with Crippen LogP contribution in [0.2, 0.25) is 0 Å². The summed E-state index contributed by atoms with van der Waals surface area (Å²) in [6, 6.07) is 0. The molecule has 0 fully saturated rings. The highest BCUT2D eigenvalue weighted by atomic mass is 79.9. The van der Waals surface area contributed by atoms with Crippen LogP contribution in [0, 0.1) is 17.8 Å². The summed E-state index contributed by atoms with van der Waals surface area (Å²) in [7, 11) is 0. The summed E-state index contributed by atoms with van der Waals surface area (Å²) in [5, 5.41) is 1.02. The topological polar surface area (TPSA) is 0 Å². The molecule has 0 N–H and O–H groups in total. The van der Waals surface area contributed by atoms with Gasteiger partial charge in [-0.05, 0) is 17.8 Å². The Morgan fingerprint density at radius 2 is 1.83 bits per heavy atom. The summed E-state index contributed by atoms with van der Waals surface area (Å²) in [6.45, 7) is 6.99.